The highest BCUT2D eigenvalue weighted by atomic mass is 16.5. The number of rotatable bonds is 5. The van der Waals surface area contributed by atoms with E-state index in [1.165, 1.54) is 0 Å². The first-order chi connectivity index (χ1) is 7.79. The van der Waals surface area contributed by atoms with Crippen molar-refractivity contribution in [3.05, 3.63) is 18.2 Å². The second-order valence-corrected chi connectivity index (χ2v) is 4.45. The largest absolute Gasteiger partial charge is 0.393 e. The first-order valence-electron chi connectivity index (χ1n) is 6.05. The zero-order valence-electron chi connectivity index (χ0n) is 9.80. The second-order valence-electron chi connectivity index (χ2n) is 4.45. The van der Waals surface area contributed by atoms with Crippen molar-refractivity contribution in [3.8, 4) is 0 Å². The molecule has 1 aromatic rings. The summed E-state index contributed by atoms with van der Waals surface area (Å²) < 4.78 is 7.38. The summed E-state index contributed by atoms with van der Waals surface area (Å²) in [5, 5.41) is 9.99. The molecule has 1 aromatic heterocycles. The van der Waals surface area contributed by atoms with Crippen LogP contribution in [0, 0.1) is 5.92 Å². The van der Waals surface area contributed by atoms with E-state index in [2.05, 4.69) is 16.5 Å². The normalized spacial score (nSPS) is 22.5. The van der Waals surface area contributed by atoms with Crippen LogP contribution in [0.15, 0.2) is 12.4 Å². The molecule has 1 fully saturated rings. The van der Waals surface area contributed by atoms with Crippen molar-refractivity contribution >= 4 is 0 Å². The number of nitrogens with zero attached hydrogens (tertiary/aromatic N) is 2. The summed E-state index contributed by atoms with van der Waals surface area (Å²) in [7, 11) is 0. The minimum Gasteiger partial charge on any atom is -0.393 e. The molecule has 0 aromatic carbocycles. The lowest BCUT2D eigenvalue weighted by Gasteiger charge is -2.14. The van der Waals surface area contributed by atoms with E-state index < -0.39 is 0 Å². The van der Waals surface area contributed by atoms with Gasteiger partial charge < -0.3 is 14.4 Å². The fourth-order valence-corrected chi connectivity index (χ4v) is 2.27. The number of aryl methyl sites for hydroxylation is 1. The van der Waals surface area contributed by atoms with Gasteiger partial charge in [0.1, 0.15) is 5.82 Å². The van der Waals surface area contributed by atoms with Gasteiger partial charge in [0, 0.05) is 38.6 Å². The Bertz CT molecular complexity index is 319. The van der Waals surface area contributed by atoms with E-state index in [4.69, 9.17) is 4.74 Å². The van der Waals surface area contributed by atoms with Crippen LogP contribution >= 0.6 is 0 Å². The molecule has 1 N–H and O–H groups in total. The average Bonchev–Trinajstić information content (AvgIpc) is 2.88. The highest BCUT2D eigenvalue weighted by Crippen LogP contribution is 2.19. The number of hydrogen-bond acceptors (Lipinski definition) is 3. The maximum atomic E-state index is 9.99. The van der Waals surface area contributed by atoms with Crippen molar-refractivity contribution in [1.29, 1.82) is 0 Å². The third-order valence-electron chi connectivity index (χ3n) is 3.19. The van der Waals surface area contributed by atoms with Crippen LogP contribution in [0.25, 0.3) is 0 Å². The molecular formula is C12H20N2O2. The maximum absolute atomic E-state index is 9.99. The van der Waals surface area contributed by atoms with Crippen LogP contribution in [0.4, 0.5) is 0 Å². The van der Waals surface area contributed by atoms with Crippen molar-refractivity contribution < 1.29 is 9.84 Å². The third kappa shape index (κ3) is 2.83. The highest BCUT2D eigenvalue weighted by Gasteiger charge is 2.20. The molecule has 2 rings (SSSR count). The van der Waals surface area contributed by atoms with E-state index in [1.807, 2.05) is 6.20 Å². The monoisotopic (exact) mass is 224 g/mol. The molecule has 2 unspecified atom stereocenters. The molecule has 0 saturated carbocycles. The number of aromatic nitrogens is 2. The summed E-state index contributed by atoms with van der Waals surface area (Å²) in [6, 6.07) is 0. The average molecular weight is 224 g/mol. The minimum atomic E-state index is -0.292. The Morgan fingerprint density at radius 2 is 2.56 bits per heavy atom. The zero-order valence-corrected chi connectivity index (χ0v) is 9.80. The van der Waals surface area contributed by atoms with E-state index >= 15 is 0 Å². The minimum absolute atomic E-state index is 0.292. The van der Waals surface area contributed by atoms with Crippen molar-refractivity contribution in [2.45, 2.75) is 38.8 Å². The predicted molar refractivity (Wildman–Crippen MR) is 61.2 cm³/mol. The Morgan fingerprint density at radius 1 is 1.69 bits per heavy atom. The quantitative estimate of drug-likeness (QED) is 0.818. The number of hydrogen-bond donors (Lipinski definition) is 1. The van der Waals surface area contributed by atoms with Gasteiger partial charge in [-0.05, 0) is 25.7 Å². The van der Waals surface area contributed by atoms with Crippen molar-refractivity contribution in [3.63, 3.8) is 0 Å². The van der Waals surface area contributed by atoms with Crippen LogP contribution in [0.5, 0.6) is 0 Å². The van der Waals surface area contributed by atoms with Crippen LogP contribution < -0.4 is 0 Å². The molecule has 1 aliphatic heterocycles. The Labute approximate surface area is 96.3 Å². The van der Waals surface area contributed by atoms with Gasteiger partial charge in [-0.3, -0.25) is 0 Å². The summed E-state index contributed by atoms with van der Waals surface area (Å²) in [4.78, 5) is 4.27. The van der Waals surface area contributed by atoms with Crippen LogP contribution in [-0.2, 0) is 17.7 Å². The highest BCUT2D eigenvalue weighted by molar-refractivity contribution is 4.94. The smallest absolute Gasteiger partial charge is 0.111 e. The lowest BCUT2D eigenvalue weighted by Crippen LogP contribution is -2.18. The van der Waals surface area contributed by atoms with E-state index in [9.17, 15) is 5.11 Å². The Morgan fingerprint density at radius 3 is 3.25 bits per heavy atom. The van der Waals surface area contributed by atoms with E-state index in [-0.39, 0.29) is 6.10 Å². The first kappa shape index (κ1) is 11.6. The van der Waals surface area contributed by atoms with E-state index in [0.29, 0.717) is 12.3 Å². The Kier molecular flexibility index (Phi) is 3.96. The molecule has 2 heterocycles. The fraction of sp³-hybridized carbons (Fsp3) is 0.750. The van der Waals surface area contributed by atoms with Gasteiger partial charge in [0.2, 0.25) is 0 Å². The summed E-state index contributed by atoms with van der Waals surface area (Å²) in [6.07, 6.45) is 6.03. The number of aliphatic hydroxyl groups excluding tert-OH is 1. The molecule has 1 saturated heterocycles. The lowest BCUT2D eigenvalue weighted by atomic mass is 9.99. The Hall–Kier alpha value is -0.870. The van der Waals surface area contributed by atoms with E-state index in [1.54, 1.807) is 6.20 Å². The van der Waals surface area contributed by atoms with Crippen LogP contribution in [0.3, 0.4) is 0 Å². The summed E-state index contributed by atoms with van der Waals surface area (Å²) in [5.41, 5.74) is 0. The number of imidazole rings is 1. The molecular weight excluding hydrogens is 204 g/mol. The topological polar surface area (TPSA) is 47.3 Å². The van der Waals surface area contributed by atoms with Gasteiger partial charge in [0.25, 0.3) is 0 Å². The third-order valence-corrected chi connectivity index (χ3v) is 3.19. The van der Waals surface area contributed by atoms with Gasteiger partial charge in [0.15, 0.2) is 0 Å². The molecule has 4 nitrogen and oxygen atoms in total. The molecule has 0 spiro atoms. The van der Waals surface area contributed by atoms with Crippen LogP contribution in [0.1, 0.15) is 25.6 Å². The molecule has 4 heteroatoms. The standard InChI is InChI=1S/C12H20N2O2/c1-2-14-5-4-13-12(14)8-11(15)7-10-3-6-16-9-10/h4-5,10-11,15H,2-3,6-9H2,1H3. The molecule has 90 valence electrons. The molecule has 1 aliphatic rings. The van der Waals surface area contributed by atoms with Crippen molar-refractivity contribution in [2.24, 2.45) is 5.92 Å². The van der Waals surface area contributed by atoms with Crippen LogP contribution in [-0.4, -0.2) is 34.0 Å². The fourth-order valence-electron chi connectivity index (χ4n) is 2.27. The van der Waals surface area contributed by atoms with Gasteiger partial charge >= 0.3 is 0 Å². The van der Waals surface area contributed by atoms with Crippen LogP contribution in [0.2, 0.25) is 0 Å². The molecule has 2 atom stereocenters. The van der Waals surface area contributed by atoms with Gasteiger partial charge in [-0.25, -0.2) is 4.98 Å². The summed E-state index contributed by atoms with van der Waals surface area (Å²) >= 11 is 0. The zero-order chi connectivity index (χ0) is 11.4. The van der Waals surface area contributed by atoms with Gasteiger partial charge in [-0.2, -0.15) is 0 Å². The summed E-state index contributed by atoms with van der Waals surface area (Å²) in [5.74, 6) is 1.51. The van der Waals surface area contributed by atoms with Crippen molar-refractivity contribution in [1.82, 2.24) is 9.55 Å². The predicted octanol–water partition coefficient (Wildman–Crippen LogP) is 1.23. The van der Waals surface area contributed by atoms with Crippen molar-refractivity contribution in [2.75, 3.05) is 13.2 Å². The van der Waals surface area contributed by atoms with E-state index in [0.717, 1.165) is 38.4 Å². The molecule has 0 radical (unpaired) electrons. The molecule has 16 heavy (non-hydrogen) atoms. The number of ether oxygens (including phenoxy) is 1. The number of aliphatic hydroxyl groups is 1. The van der Waals surface area contributed by atoms with Gasteiger partial charge in [0.05, 0.1) is 6.10 Å². The second kappa shape index (κ2) is 5.46. The molecule has 0 amide bonds. The summed E-state index contributed by atoms with van der Waals surface area (Å²) in [6.45, 7) is 4.65. The first-order valence-corrected chi connectivity index (χ1v) is 6.05. The Balaban J connectivity index is 1.84. The maximum Gasteiger partial charge on any atom is 0.111 e. The van der Waals surface area contributed by atoms with Gasteiger partial charge in [-0.15, -0.1) is 0 Å². The SMILES string of the molecule is CCn1ccnc1CC(O)CC1CCOC1. The molecule has 0 aliphatic carbocycles. The van der Waals surface area contributed by atoms with Gasteiger partial charge in [-0.1, -0.05) is 0 Å². The lowest BCUT2D eigenvalue weighted by molar-refractivity contribution is 0.126. The molecule has 0 bridgehead atoms.